The molecule has 0 unspecified atom stereocenters. The summed E-state index contributed by atoms with van der Waals surface area (Å²) < 4.78 is 14.0. The number of alkyl halides is 1. The number of hydrogen-bond acceptors (Lipinski definition) is 3. The smallest absolute Gasteiger partial charge is 0.253 e. The zero-order chi connectivity index (χ0) is 16.4. The van der Waals surface area contributed by atoms with Gasteiger partial charge in [0, 0.05) is 25.4 Å². The summed E-state index contributed by atoms with van der Waals surface area (Å²) in [5.74, 6) is 0.293. The van der Waals surface area contributed by atoms with E-state index in [9.17, 15) is 9.18 Å². The van der Waals surface area contributed by atoms with Gasteiger partial charge in [-0.3, -0.25) is 4.79 Å². The standard InChI is InChI=1S/C16H14ClFN4O/c1-22-14(11-4-2-3-5-12(11)17)21-13-8-10(9-20-15(13)22)16(23)19-7-6-18/h2-5,8-9H,6-7H2,1H3,(H,19,23). The largest absolute Gasteiger partial charge is 0.349 e. The van der Waals surface area contributed by atoms with E-state index >= 15 is 0 Å². The lowest BCUT2D eigenvalue weighted by atomic mass is 10.2. The van der Waals surface area contributed by atoms with Gasteiger partial charge in [-0.15, -0.1) is 0 Å². The molecule has 0 spiro atoms. The van der Waals surface area contributed by atoms with E-state index in [2.05, 4.69) is 15.3 Å². The predicted molar refractivity (Wildman–Crippen MR) is 87.3 cm³/mol. The SMILES string of the molecule is Cn1c(-c2ccccc2Cl)nc2cc(C(=O)NCCF)cnc21. The number of amides is 1. The highest BCUT2D eigenvalue weighted by atomic mass is 35.5. The Morgan fingerprint density at radius 1 is 1.39 bits per heavy atom. The molecule has 5 nitrogen and oxygen atoms in total. The number of benzene rings is 1. The van der Waals surface area contributed by atoms with Crippen LogP contribution in [0.3, 0.4) is 0 Å². The average Bonchev–Trinajstić information content (AvgIpc) is 2.89. The minimum atomic E-state index is -0.609. The zero-order valence-electron chi connectivity index (χ0n) is 12.4. The van der Waals surface area contributed by atoms with Gasteiger partial charge in [-0.05, 0) is 18.2 Å². The Morgan fingerprint density at radius 2 is 2.17 bits per heavy atom. The Morgan fingerprint density at radius 3 is 2.91 bits per heavy atom. The monoisotopic (exact) mass is 332 g/mol. The van der Waals surface area contributed by atoms with Gasteiger partial charge in [0.05, 0.1) is 10.6 Å². The van der Waals surface area contributed by atoms with Gasteiger partial charge in [-0.1, -0.05) is 23.7 Å². The molecule has 23 heavy (non-hydrogen) atoms. The number of carbonyl (C=O) groups excluding carboxylic acids is 1. The van der Waals surface area contributed by atoms with Gasteiger partial charge in [0.1, 0.15) is 18.0 Å². The van der Waals surface area contributed by atoms with E-state index in [4.69, 9.17) is 11.6 Å². The zero-order valence-corrected chi connectivity index (χ0v) is 13.1. The second kappa shape index (κ2) is 6.34. The summed E-state index contributed by atoms with van der Waals surface area (Å²) >= 11 is 6.22. The highest BCUT2D eigenvalue weighted by molar-refractivity contribution is 6.33. The summed E-state index contributed by atoms with van der Waals surface area (Å²) in [6.07, 6.45) is 1.45. The van der Waals surface area contributed by atoms with Gasteiger partial charge in [-0.2, -0.15) is 0 Å². The van der Waals surface area contributed by atoms with Crippen LogP contribution in [0, 0.1) is 0 Å². The molecule has 7 heteroatoms. The molecule has 1 amide bonds. The summed E-state index contributed by atoms with van der Waals surface area (Å²) in [5, 5.41) is 3.06. The maximum Gasteiger partial charge on any atom is 0.253 e. The second-order valence-electron chi connectivity index (χ2n) is 4.99. The number of fused-ring (bicyclic) bond motifs is 1. The molecule has 0 fully saturated rings. The van der Waals surface area contributed by atoms with Crippen molar-refractivity contribution in [1.29, 1.82) is 0 Å². The quantitative estimate of drug-likeness (QED) is 0.799. The predicted octanol–water partition coefficient (Wildman–Crippen LogP) is 2.99. The lowest BCUT2D eigenvalue weighted by Gasteiger charge is -2.04. The molecule has 0 bridgehead atoms. The number of rotatable bonds is 4. The molecule has 0 aliphatic carbocycles. The number of hydrogen-bond donors (Lipinski definition) is 1. The molecule has 0 saturated carbocycles. The van der Waals surface area contributed by atoms with Gasteiger partial charge in [0.15, 0.2) is 5.65 Å². The van der Waals surface area contributed by atoms with Gasteiger partial charge < -0.3 is 9.88 Å². The van der Waals surface area contributed by atoms with E-state index in [1.807, 2.05) is 29.8 Å². The average molecular weight is 333 g/mol. The summed E-state index contributed by atoms with van der Waals surface area (Å²) in [6, 6.07) is 9.03. The first kappa shape index (κ1) is 15.4. The highest BCUT2D eigenvalue weighted by Crippen LogP contribution is 2.28. The van der Waals surface area contributed by atoms with Crippen LogP contribution in [0.5, 0.6) is 0 Å². The molecule has 0 saturated heterocycles. The Balaban J connectivity index is 2.05. The van der Waals surface area contributed by atoms with Crippen molar-refractivity contribution in [2.45, 2.75) is 0 Å². The minimum Gasteiger partial charge on any atom is -0.349 e. The molecule has 1 aromatic carbocycles. The fourth-order valence-electron chi connectivity index (χ4n) is 2.35. The normalized spacial score (nSPS) is 10.9. The number of nitrogens with one attached hydrogen (secondary N) is 1. The van der Waals surface area contributed by atoms with Gasteiger partial charge in [0.2, 0.25) is 0 Å². The maximum atomic E-state index is 12.1. The third-order valence-corrected chi connectivity index (χ3v) is 3.80. The molecule has 0 atom stereocenters. The minimum absolute atomic E-state index is 0.0238. The van der Waals surface area contributed by atoms with Crippen molar-refractivity contribution in [3.63, 3.8) is 0 Å². The van der Waals surface area contributed by atoms with Crippen LogP contribution < -0.4 is 5.32 Å². The van der Waals surface area contributed by atoms with Crippen molar-refractivity contribution in [2.24, 2.45) is 7.05 Å². The first-order valence-corrected chi connectivity index (χ1v) is 7.41. The Kier molecular flexibility index (Phi) is 4.25. The summed E-state index contributed by atoms with van der Waals surface area (Å²) in [5.41, 5.74) is 2.35. The number of imidazole rings is 1. The Bertz CT molecular complexity index is 878. The van der Waals surface area contributed by atoms with Crippen molar-refractivity contribution >= 4 is 28.7 Å². The van der Waals surface area contributed by atoms with Crippen molar-refractivity contribution in [3.8, 4) is 11.4 Å². The molecule has 0 aliphatic heterocycles. The molecule has 2 aromatic heterocycles. The molecule has 1 N–H and O–H groups in total. The van der Waals surface area contributed by atoms with E-state index in [1.54, 1.807) is 12.1 Å². The lowest BCUT2D eigenvalue weighted by Crippen LogP contribution is -2.25. The first-order valence-electron chi connectivity index (χ1n) is 7.03. The summed E-state index contributed by atoms with van der Waals surface area (Å²) in [7, 11) is 1.84. The lowest BCUT2D eigenvalue weighted by molar-refractivity contribution is 0.0950. The molecular weight excluding hydrogens is 319 g/mol. The van der Waals surface area contributed by atoms with Crippen LogP contribution in [0.15, 0.2) is 36.5 Å². The number of carbonyl (C=O) groups is 1. The summed E-state index contributed by atoms with van der Waals surface area (Å²) in [6.45, 7) is -0.633. The van der Waals surface area contributed by atoms with Crippen molar-refractivity contribution in [2.75, 3.05) is 13.2 Å². The molecule has 0 aliphatic rings. The van der Waals surface area contributed by atoms with Crippen LogP contribution in [-0.4, -0.2) is 33.7 Å². The van der Waals surface area contributed by atoms with Crippen molar-refractivity contribution in [1.82, 2.24) is 19.9 Å². The fourth-order valence-corrected chi connectivity index (χ4v) is 2.57. The van der Waals surface area contributed by atoms with E-state index < -0.39 is 6.67 Å². The Hall–Kier alpha value is -2.47. The van der Waals surface area contributed by atoms with Crippen LogP contribution in [0.4, 0.5) is 4.39 Å². The number of aryl methyl sites for hydroxylation is 1. The maximum absolute atomic E-state index is 12.1. The third kappa shape index (κ3) is 2.90. The van der Waals surface area contributed by atoms with Crippen LogP contribution in [0.25, 0.3) is 22.6 Å². The highest BCUT2D eigenvalue weighted by Gasteiger charge is 2.15. The van der Waals surface area contributed by atoms with Crippen LogP contribution >= 0.6 is 11.6 Å². The van der Waals surface area contributed by atoms with E-state index in [0.29, 0.717) is 27.6 Å². The van der Waals surface area contributed by atoms with Crippen LogP contribution in [0.1, 0.15) is 10.4 Å². The van der Waals surface area contributed by atoms with E-state index in [0.717, 1.165) is 5.56 Å². The molecule has 0 radical (unpaired) electrons. The fraction of sp³-hybridized carbons (Fsp3) is 0.188. The number of pyridine rings is 1. The molecular formula is C16H14ClFN4O. The number of aromatic nitrogens is 3. The van der Waals surface area contributed by atoms with E-state index in [-0.39, 0.29) is 12.5 Å². The van der Waals surface area contributed by atoms with Crippen LogP contribution in [-0.2, 0) is 7.05 Å². The molecule has 3 aromatic rings. The number of halogens is 2. The van der Waals surface area contributed by atoms with Crippen molar-refractivity contribution < 1.29 is 9.18 Å². The van der Waals surface area contributed by atoms with Crippen LogP contribution in [0.2, 0.25) is 5.02 Å². The third-order valence-electron chi connectivity index (χ3n) is 3.47. The molecule has 118 valence electrons. The van der Waals surface area contributed by atoms with E-state index in [1.165, 1.54) is 6.20 Å². The van der Waals surface area contributed by atoms with Crippen molar-refractivity contribution in [3.05, 3.63) is 47.1 Å². The topological polar surface area (TPSA) is 59.8 Å². The van der Waals surface area contributed by atoms with Gasteiger partial charge in [-0.25, -0.2) is 14.4 Å². The Labute approximate surface area is 137 Å². The first-order chi connectivity index (χ1) is 11.1. The second-order valence-corrected chi connectivity index (χ2v) is 5.39. The number of nitrogens with zero attached hydrogens (tertiary/aromatic N) is 3. The van der Waals surface area contributed by atoms with Gasteiger partial charge >= 0.3 is 0 Å². The molecule has 3 rings (SSSR count). The van der Waals surface area contributed by atoms with Gasteiger partial charge in [0.25, 0.3) is 5.91 Å². The summed E-state index contributed by atoms with van der Waals surface area (Å²) in [4.78, 5) is 20.7. The molecule has 2 heterocycles.